The van der Waals surface area contributed by atoms with Gasteiger partial charge in [0.2, 0.25) is 0 Å². The summed E-state index contributed by atoms with van der Waals surface area (Å²) in [6.45, 7) is 4.49. The highest BCUT2D eigenvalue weighted by Crippen LogP contribution is 2.23. The summed E-state index contributed by atoms with van der Waals surface area (Å²) in [5.41, 5.74) is 9.69. The molecule has 0 spiro atoms. The molecule has 1 aromatic carbocycles. The first-order valence-corrected chi connectivity index (χ1v) is 9.38. The molecule has 0 aliphatic heterocycles. The van der Waals surface area contributed by atoms with Crippen molar-refractivity contribution in [1.29, 1.82) is 0 Å². The molecule has 0 saturated carbocycles. The van der Waals surface area contributed by atoms with Gasteiger partial charge in [0.25, 0.3) is 11.8 Å². The minimum atomic E-state index is -0.719. The molecular formula is C22H21N5O3. The van der Waals surface area contributed by atoms with E-state index in [4.69, 9.17) is 10.2 Å². The van der Waals surface area contributed by atoms with E-state index in [1.807, 2.05) is 26.0 Å². The number of carbonyl (C=O) groups excluding carboxylic acids is 2. The monoisotopic (exact) mass is 403 g/mol. The van der Waals surface area contributed by atoms with Crippen LogP contribution in [0.5, 0.6) is 0 Å². The van der Waals surface area contributed by atoms with Gasteiger partial charge in [0.05, 0.1) is 6.26 Å². The van der Waals surface area contributed by atoms with Crippen LogP contribution in [0.4, 0.5) is 0 Å². The Labute approximate surface area is 173 Å². The van der Waals surface area contributed by atoms with E-state index in [2.05, 4.69) is 16.0 Å². The number of fused-ring (bicyclic) bond motifs is 1. The Balaban J connectivity index is 1.78. The number of carbonyl (C=O) groups is 2. The molecule has 0 fully saturated rings. The van der Waals surface area contributed by atoms with E-state index in [0.717, 1.165) is 11.1 Å². The molecule has 0 aliphatic rings. The van der Waals surface area contributed by atoms with Gasteiger partial charge >= 0.3 is 0 Å². The maximum Gasteiger partial charge on any atom is 0.271 e. The van der Waals surface area contributed by atoms with Gasteiger partial charge in [-0.05, 0) is 43.2 Å². The predicted molar refractivity (Wildman–Crippen MR) is 111 cm³/mol. The Bertz CT molecular complexity index is 1260. The van der Waals surface area contributed by atoms with Crippen molar-refractivity contribution in [2.45, 2.75) is 20.4 Å². The lowest BCUT2D eigenvalue weighted by molar-refractivity contribution is 0.0777. The first-order chi connectivity index (χ1) is 14.3. The Morgan fingerprint density at radius 1 is 1.20 bits per heavy atom. The van der Waals surface area contributed by atoms with Gasteiger partial charge in [0.1, 0.15) is 17.7 Å². The smallest absolute Gasteiger partial charge is 0.271 e. The van der Waals surface area contributed by atoms with Crippen LogP contribution in [0.1, 0.15) is 37.7 Å². The molecule has 2 amide bonds. The molecular weight excluding hydrogens is 382 g/mol. The summed E-state index contributed by atoms with van der Waals surface area (Å²) in [6, 6.07) is 11.2. The highest BCUT2D eigenvalue weighted by atomic mass is 16.3. The number of furan rings is 1. The van der Waals surface area contributed by atoms with Gasteiger partial charge < -0.3 is 15.1 Å². The Kier molecular flexibility index (Phi) is 4.83. The maximum absolute atomic E-state index is 13.3. The molecule has 8 heteroatoms. The fourth-order valence-electron chi connectivity index (χ4n) is 3.41. The molecule has 30 heavy (non-hydrogen) atoms. The average molecular weight is 403 g/mol. The average Bonchev–Trinajstić information content (AvgIpc) is 3.38. The maximum atomic E-state index is 13.3. The van der Waals surface area contributed by atoms with E-state index < -0.39 is 5.91 Å². The van der Waals surface area contributed by atoms with E-state index in [1.54, 1.807) is 30.1 Å². The minimum absolute atomic E-state index is 0.00510. The number of primary amides is 1. The first-order valence-electron chi connectivity index (χ1n) is 9.38. The normalized spacial score (nSPS) is 11.0. The van der Waals surface area contributed by atoms with E-state index in [-0.39, 0.29) is 17.2 Å². The van der Waals surface area contributed by atoms with Crippen molar-refractivity contribution in [3.8, 4) is 11.5 Å². The van der Waals surface area contributed by atoms with Gasteiger partial charge in [-0.1, -0.05) is 23.8 Å². The molecule has 152 valence electrons. The second-order valence-electron chi connectivity index (χ2n) is 7.25. The predicted octanol–water partition coefficient (Wildman–Crippen LogP) is 2.98. The molecule has 0 radical (unpaired) electrons. The summed E-state index contributed by atoms with van der Waals surface area (Å²) in [4.78, 5) is 35.2. The lowest BCUT2D eigenvalue weighted by atomic mass is 10.1. The summed E-state index contributed by atoms with van der Waals surface area (Å²) in [5.74, 6) is -0.493. The number of benzene rings is 1. The topological polar surface area (TPSA) is 107 Å². The zero-order valence-electron chi connectivity index (χ0n) is 16.9. The van der Waals surface area contributed by atoms with Gasteiger partial charge in [-0.15, -0.1) is 0 Å². The zero-order valence-corrected chi connectivity index (χ0v) is 16.9. The number of hydrogen-bond acceptors (Lipinski definition) is 5. The van der Waals surface area contributed by atoms with Crippen LogP contribution in [0.3, 0.4) is 0 Å². The molecule has 0 saturated heterocycles. The molecule has 3 heterocycles. The molecule has 0 aliphatic carbocycles. The number of rotatable bonds is 5. The van der Waals surface area contributed by atoms with Crippen LogP contribution in [-0.2, 0) is 6.54 Å². The summed E-state index contributed by atoms with van der Waals surface area (Å²) >= 11 is 0. The van der Waals surface area contributed by atoms with Gasteiger partial charge in [-0.25, -0.2) is 9.97 Å². The van der Waals surface area contributed by atoms with E-state index in [9.17, 15) is 9.59 Å². The van der Waals surface area contributed by atoms with Crippen LogP contribution in [0.15, 0.2) is 53.4 Å². The summed E-state index contributed by atoms with van der Waals surface area (Å²) in [6.07, 6.45) is 2.90. The third kappa shape index (κ3) is 3.43. The number of hydrogen-bond donors (Lipinski definition) is 1. The Morgan fingerprint density at radius 2 is 2.00 bits per heavy atom. The molecule has 0 bridgehead atoms. The molecule has 2 N–H and O–H groups in total. The van der Waals surface area contributed by atoms with E-state index >= 15 is 0 Å². The molecule has 8 nitrogen and oxygen atoms in total. The van der Waals surface area contributed by atoms with Crippen molar-refractivity contribution in [3.05, 3.63) is 77.1 Å². The van der Waals surface area contributed by atoms with Crippen LogP contribution in [-0.4, -0.2) is 38.1 Å². The quantitative estimate of drug-likeness (QED) is 0.551. The zero-order chi connectivity index (χ0) is 21.4. The molecule has 3 aromatic heterocycles. The largest absolute Gasteiger partial charge is 0.463 e. The molecule has 4 rings (SSSR count). The van der Waals surface area contributed by atoms with Crippen molar-refractivity contribution < 1.29 is 14.0 Å². The van der Waals surface area contributed by atoms with Crippen LogP contribution in [0, 0.1) is 13.8 Å². The number of nitrogens with two attached hydrogens (primary N) is 1. The molecule has 0 atom stereocenters. The Morgan fingerprint density at radius 3 is 2.67 bits per heavy atom. The number of aromatic nitrogens is 3. The second-order valence-corrected chi connectivity index (χ2v) is 7.25. The Hall–Kier alpha value is -3.94. The summed E-state index contributed by atoms with van der Waals surface area (Å²) in [5, 5.41) is 0. The number of nitrogens with zero attached hydrogens (tertiary/aromatic N) is 4. The minimum Gasteiger partial charge on any atom is -0.463 e. The van der Waals surface area contributed by atoms with Crippen LogP contribution >= 0.6 is 0 Å². The van der Waals surface area contributed by atoms with Gasteiger partial charge in [0.15, 0.2) is 17.1 Å². The van der Waals surface area contributed by atoms with Crippen molar-refractivity contribution in [3.63, 3.8) is 0 Å². The fourth-order valence-corrected chi connectivity index (χ4v) is 3.41. The van der Waals surface area contributed by atoms with Gasteiger partial charge in [-0.3, -0.25) is 14.0 Å². The molecule has 4 aromatic rings. The summed E-state index contributed by atoms with van der Waals surface area (Å²) < 4.78 is 6.91. The third-order valence-electron chi connectivity index (χ3n) is 4.98. The van der Waals surface area contributed by atoms with Crippen molar-refractivity contribution in [2.75, 3.05) is 7.05 Å². The van der Waals surface area contributed by atoms with Crippen LogP contribution < -0.4 is 5.73 Å². The molecule has 0 unspecified atom stereocenters. The van der Waals surface area contributed by atoms with Gasteiger partial charge in [-0.2, -0.15) is 0 Å². The van der Waals surface area contributed by atoms with Crippen molar-refractivity contribution in [1.82, 2.24) is 19.3 Å². The number of imidazole rings is 1. The van der Waals surface area contributed by atoms with Crippen LogP contribution in [0.25, 0.3) is 17.1 Å². The third-order valence-corrected chi connectivity index (χ3v) is 4.98. The summed E-state index contributed by atoms with van der Waals surface area (Å²) in [7, 11) is 1.73. The number of aryl methyl sites for hydroxylation is 2. The lowest BCUT2D eigenvalue weighted by Gasteiger charge is -2.20. The highest BCUT2D eigenvalue weighted by molar-refractivity contribution is 5.99. The van der Waals surface area contributed by atoms with Crippen molar-refractivity contribution >= 4 is 17.5 Å². The fraction of sp³-hybridized carbons (Fsp3) is 0.182. The SMILES string of the molecule is Cc1ccc(CN(C)C(=O)c2cc(-c3ccco3)nc3c(C(N)=O)ncn23)c(C)c1. The lowest BCUT2D eigenvalue weighted by Crippen LogP contribution is -2.28. The van der Waals surface area contributed by atoms with Crippen LogP contribution in [0.2, 0.25) is 0 Å². The van der Waals surface area contributed by atoms with Crippen molar-refractivity contribution in [2.24, 2.45) is 5.73 Å². The van der Waals surface area contributed by atoms with E-state index in [1.165, 1.54) is 22.6 Å². The highest BCUT2D eigenvalue weighted by Gasteiger charge is 2.22. The standard InChI is InChI=1S/C22H21N5O3/c1-13-6-7-15(14(2)9-13)11-26(3)22(29)17-10-16(18-5-4-8-30-18)25-21-19(20(23)28)24-12-27(17)21/h4-10,12H,11H2,1-3H3,(H2,23,28). The first kappa shape index (κ1) is 19.4. The number of amides is 2. The van der Waals surface area contributed by atoms with E-state index in [0.29, 0.717) is 23.7 Å². The second kappa shape index (κ2) is 7.47. The van der Waals surface area contributed by atoms with Gasteiger partial charge in [0, 0.05) is 13.6 Å².